The van der Waals surface area contributed by atoms with Crippen molar-refractivity contribution < 1.29 is 9.53 Å². The Labute approximate surface area is 220 Å². The van der Waals surface area contributed by atoms with E-state index in [2.05, 4.69) is 0 Å². The van der Waals surface area contributed by atoms with E-state index in [1.165, 1.54) is 6.07 Å². The van der Waals surface area contributed by atoms with Crippen molar-refractivity contribution in [3.8, 4) is 5.69 Å². The van der Waals surface area contributed by atoms with Crippen molar-refractivity contribution in [3.05, 3.63) is 104 Å². The zero-order valence-electron chi connectivity index (χ0n) is 20.4. The van der Waals surface area contributed by atoms with Gasteiger partial charge in [-0.1, -0.05) is 60.5 Å². The van der Waals surface area contributed by atoms with Crippen molar-refractivity contribution in [1.82, 2.24) is 14.5 Å². The van der Waals surface area contributed by atoms with E-state index in [0.717, 1.165) is 17.7 Å². The summed E-state index contributed by atoms with van der Waals surface area (Å²) in [7, 11) is 1.57. The van der Waals surface area contributed by atoms with Gasteiger partial charge in [-0.05, 0) is 55.3 Å². The highest BCUT2D eigenvalue weighted by Gasteiger charge is 2.29. The second-order valence-electron chi connectivity index (χ2n) is 8.40. The smallest absolute Gasteiger partial charge is 0.266 e. The molecule has 0 saturated heterocycles. The molecule has 3 aromatic carbocycles. The maximum atomic E-state index is 13.8. The van der Waals surface area contributed by atoms with Gasteiger partial charge in [0, 0.05) is 18.7 Å². The normalized spacial score (nSPS) is 12.0. The summed E-state index contributed by atoms with van der Waals surface area (Å²) in [6, 6.07) is 19.2. The number of ether oxygens (including phenoxy) is 1. The fraction of sp³-hybridized carbons (Fsp3) is 0.250. The lowest BCUT2D eigenvalue weighted by Gasteiger charge is -2.31. The molecule has 4 rings (SSSR count). The van der Waals surface area contributed by atoms with Gasteiger partial charge in [0.2, 0.25) is 0 Å². The Kier molecular flexibility index (Phi) is 8.09. The number of carbonyl (C=O) groups is 1. The molecular weight excluding hydrogens is 497 g/mol. The summed E-state index contributed by atoms with van der Waals surface area (Å²) in [5.74, 6) is 0.146. The lowest BCUT2D eigenvalue weighted by molar-refractivity contribution is 0.0605. The first-order valence-corrected chi connectivity index (χ1v) is 12.5. The molecule has 0 aliphatic carbocycles. The number of methoxy groups -OCH3 is 1. The molecule has 1 unspecified atom stereocenters. The maximum Gasteiger partial charge on any atom is 0.266 e. The van der Waals surface area contributed by atoms with E-state index >= 15 is 0 Å². The van der Waals surface area contributed by atoms with Crippen LogP contribution >= 0.6 is 23.2 Å². The first kappa shape index (κ1) is 25.9. The van der Waals surface area contributed by atoms with Crippen LogP contribution in [0.2, 0.25) is 10.0 Å². The molecule has 6 nitrogen and oxygen atoms in total. The highest BCUT2D eigenvalue weighted by atomic mass is 35.5. The number of halogens is 2. The van der Waals surface area contributed by atoms with E-state index in [1.54, 1.807) is 40.8 Å². The van der Waals surface area contributed by atoms with Gasteiger partial charge >= 0.3 is 0 Å². The van der Waals surface area contributed by atoms with E-state index in [1.807, 2.05) is 50.2 Å². The molecule has 36 heavy (non-hydrogen) atoms. The van der Waals surface area contributed by atoms with Crippen LogP contribution < -0.4 is 5.56 Å². The first-order chi connectivity index (χ1) is 17.4. The summed E-state index contributed by atoms with van der Waals surface area (Å²) in [4.78, 5) is 34.1. The van der Waals surface area contributed by atoms with Gasteiger partial charge in [0.15, 0.2) is 0 Å². The molecule has 0 radical (unpaired) electrons. The minimum atomic E-state index is -0.582. The van der Waals surface area contributed by atoms with Crippen molar-refractivity contribution in [3.63, 3.8) is 0 Å². The number of aromatic nitrogens is 2. The zero-order chi connectivity index (χ0) is 25.8. The Balaban J connectivity index is 1.94. The van der Waals surface area contributed by atoms with Crippen molar-refractivity contribution in [2.24, 2.45) is 0 Å². The molecule has 8 heteroatoms. The third-order valence-electron chi connectivity index (χ3n) is 6.21. The average molecular weight is 524 g/mol. The van der Waals surface area contributed by atoms with Crippen LogP contribution in [0.3, 0.4) is 0 Å². The predicted octanol–water partition coefficient (Wildman–Crippen LogP) is 6.10. The van der Waals surface area contributed by atoms with E-state index in [-0.39, 0.29) is 23.0 Å². The van der Waals surface area contributed by atoms with Crippen LogP contribution in [0.5, 0.6) is 0 Å². The third-order valence-corrected chi connectivity index (χ3v) is 6.76. The van der Waals surface area contributed by atoms with E-state index in [0.29, 0.717) is 33.9 Å². The summed E-state index contributed by atoms with van der Waals surface area (Å²) >= 11 is 12.4. The summed E-state index contributed by atoms with van der Waals surface area (Å²) < 4.78 is 6.93. The number of rotatable bonds is 8. The SMILES string of the molecule is CCc1ccccc1-n1c(C(C)N(CCOC)C(=O)c2ccc(Cl)cc2Cl)nc2ccccc2c1=O. The molecule has 1 atom stereocenters. The van der Waals surface area contributed by atoms with Gasteiger partial charge in [-0.25, -0.2) is 4.98 Å². The largest absolute Gasteiger partial charge is 0.383 e. The topological polar surface area (TPSA) is 64.4 Å². The lowest BCUT2D eigenvalue weighted by atomic mass is 10.1. The van der Waals surface area contributed by atoms with Gasteiger partial charge in [-0.2, -0.15) is 0 Å². The molecule has 4 aromatic rings. The van der Waals surface area contributed by atoms with Gasteiger partial charge in [-0.15, -0.1) is 0 Å². The van der Waals surface area contributed by atoms with E-state index in [4.69, 9.17) is 32.9 Å². The number of benzene rings is 3. The molecule has 0 saturated carbocycles. The number of hydrogen-bond acceptors (Lipinski definition) is 4. The van der Waals surface area contributed by atoms with Crippen LogP contribution in [0.4, 0.5) is 0 Å². The number of hydrogen-bond donors (Lipinski definition) is 0. The Hall–Kier alpha value is -3.19. The van der Waals surface area contributed by atoms with Crippen molar-refractivity contribution in [1.29, 1.82) is 0 Å². The fourth-order valence-electron chi connectivity index (χ4n) is 4.31. The number of aryl methyl sites for hydroxylation is 1. The summed E-state index contributed by atoms with van der Waals surface area (Å²) in [5.41, 5.74) is 2.44. The second-order valence-corrected chi connectivity index (χ2v) is 9.25. The molecule has 1 aromatic heterocycles. The highest BCUT2D eigenvalue weighted by Crippen LogP contribution is 2.28. The van der Waals surface area contributed by atoms with Crippen molar-refractivity contribution >= 4 is 40.0 Å². The standard InChI is InChI=1S/C28H27Cl2N3O3/c1-4-19-9-5-8-12-25(19)33-26(31-24-11-7-6-10-22(24)28(33)35)18(2)32(15-16-36-3)27(34)21-14-13-20(29)17-23(21)30/h5-14,17-18H,4,15-16H2,1-3H3. The van der Waals surface area contributed by atoms with Crippen LogP contribution in [0.25, 0.3) is 16.6 Å². The van der Waals surface area contributed by atoms with Crippen LogP contribution in [-0.2, 0) is 11.2 Å². The summed E-state index contributed by atoms with van der Waals surface area (Å²) in [6.45, 7) is 4.47. The zero-order valence-corrected chi connectivity index (χ0v) is 21.9. The van der Waals surface area contributed by atoms with Crippen molar-refractivity contribution in [2.45, 2.75) is 26.3 Å². The van der Waals surface area contributed by atoms with E-state index in [9.17, 15) is 9.59 Å². The Morgan fingerprint density at radius 3 is 2.53 bits per heavy atom. The quantitative estimate of drug-likeness (QED) is 0.279. The number of nitrogens with zero attached hydrogens (tertiary/aromatic N) is 3. The minimum Gasteiger partial charge on any atom is -0.383 e. The number of fused-ring (bicyclic) bond motifs is 1. The van der Waals surface area contributed by atoms with Crippen LogP contribution in [0.15, 0.2) is 71.5 Å². The molecular formula is C28H27Cl2N3O3. The van der Waals surface area contributed by atoms with Crippen LogP contribution in [0, 0.1) is 0 Å². The number of carbonyl (C=O) groups excluding carboxylic acids is 1. The minimum absolute atomic E-state index is 0.188. The van der Waals surface area contributed by atoms with Gasteiger partial charge in [-0.3, -0.25) is 14.2 Å². The highest BCUT2D eigenvalue weighted by molar-refractivity contribution is 6.36. The van der Waals surface area contributed by atoms with Gasteiger partial charge in [0.1, 0.15) is 5.82 Å². The summed E-state index contributed by atoms with van der Waals surface area (Å²) in [5, 5.41) is 1.20. The second kappa shape index (κ2) is 11.2. The predicted molar refractivity (Wildman–Crippen MR) is 145 cm³/mol. The molecule has 0 N–H and O–H groups in total. The number of para-hydroxylation sites is 2. The third kappa shape index (κ3) is 5.03. The molecule has 1 heterocycles. The summed E-state index contributed by atoms with van der Waals surface area (Å²) in [6.07, 6.45) is 0.732. The molecule has 1 amide bonds. The Morgan fingerprint density at radius 1 is 1.08 bits per heavy atom. The van der Waals surface area contributed by atoms with Gasteiger partial charge in [0.25, 0.3) is 11.5 Å². The van der Waals surface area contributed by atoms with Crippen LogP contribution in [0.1, 0.15) is 41.6 Å². The van der Waals surface area contributed by atoms with Gasteiger partial charge < -0.3 is 9.64 Å². The van der Waals surface area contributed by atoms with Crippen LogP contribution in [-0.4, -0.2) is 40.6 Å². The molecule has 0 spiro atoms. The monoisotopic (exact) mass is 523 g/mol. The Bertz CT molecular complexity index is 1470. The average Bonchev–Trinajstić information content (AvgIpc) is 2.88. The Morgan fingerprint density at radius 2 is 1.81 bits per heavy atom. The molecule has 0 aliphatic rings. The first-order valence-electron chi connectivity index (χ1n) is 11.7. The lowest BCUT2D eigenvalue weighted by Crippen LogP contribution is -2.39. The number of amides is 1. The maximum absolute atomic E-state index is 13.8. The molecule has 186 valence electrons. The fourth-order valence-corrected chi connectivity index (χ4v) is 4.80. The van der Waals surface area contributed by atoms with Gasteiger partial charge in [0.05, 0.1) is 39.8 Å². The van der Waals surface area contributed by atoms with Crippen molar-refractivity contribution in [2.75, 3.05) is 20.3 Å². The molecule has 0 aliphatic heterocycles. The molecule has 0 fully saturated rings. The van der Waals surface area contributed by atoms with E-state index < -0.39 is 6.04 Å². The molecule has 0 bridgehead atoms.